The molecule has 1 atom stereocenters. The number of ether oxygens (including phenoxy) is 1. The molecule has 0 bridgehead atoms. The first-order valence-electron chi connectivity index (χ1n) is 13.2. The number of likely N-dealkylation sites (N-methyl/N-ethyl adjacent to an activating group) is 1. The summed E-state index contributed by atoms with van der Waals surface area (Å²) in [5.41, 5.74) is 3.63. The van der Waals surface area contributed by atoms with Gasteiger partial charge in [0.05, 0.1) is 32.8 Å². The number of hydrogen-bond acceptors (Lipinski definition) is 8. The molecule has 4 rings (SSSR count). The van der Waals surface area contributed by atoms with E-state index in [-0.39, 0.29) is 37.4 Å². The second-order valence-electron chi connectivity index (χ2n) is 9.15. The summed E-state index contributed by atoms with van der Waals surface area (Å²) < 4.78 is 5.15. The molecule has 0 aliphatic carbocycles. The molecule has 2 heterocycles. The first-order chi connectivity index (χ1) is 19.3. The number of aryl methyl sites for hydroxylation is 1. The largest absolute Gasteiger partial charge is 0.469 e. The highest BCUT2D eigenvalue weighted by atomic mass is 16.5. The Morgan fingerprint density at radius 1 is 1.05 bits per heavy atom. The predicted molar refractivity (Wildman–Crippen MR) is 156 cm³/mol. The Kier molecular flexibility index (Phi) is 15.3. The molecule has 2 amide bonds. The average molecular weight is 553 g/mol. The molecule has 216 valence electrons. The van der Waals surface area contributed by atoms with Gasteiger partial charge in [0.2, 0.25) is 11.8 Å². The summed E-state index contributed by atoms with van der Waals surface area (Å²) in [4.78, 5) is 37.7. The molecular weight excluding hydrogens is 513 g/mol. The van der Waals surface area contributed by atoms with Crippen molar-refractivity contribution in [2.45, 2.75) is 19.3 Å². The van der Waals surface area contributed by atoms with Crippen molar-refractivity contribution in [3.8, 4) is 0 Å². The molecule has 0 spiro atoms. The number of aromatic amines is 1. The number of hydrogen-bond donors (Lipinski definition) is 6. The van der Waals surface area contributed by atoms with Gasteiger partial charge in [0.25, 0.3) is 0 Å². The zero-order valence-electron chi connectivity index (χ0n) is 23.1. The zero-order chi connectivity index (χ0) is 29.2. The van der Waals surface area contributed by atoms with Gasteiger partial charge in [-0.3, -0.25) is 14.5 Å². The van der Waals surface area contributed by atoms with E-state index in [9.17, 15) is 14.4 Å². The van der Waals surface area contributed by atoms with Crippen molar-refractivity contribution in [3.05, 3.63) is 71.9 Å². The highest BCUT2D eigenvalue weighted by Gasteiger charge is 2.21. The Morgan fingerprint density at radius 3 is 2.35 bits per heavy atom. The number of H-pyrrole nitrogens is 1. The van der Waals surface area contributed by atoms with Crippen molar-refractivity contribution >= 4 is 36.1 Å². The molecule has 1 fully saturated rings. The number of amides is 2. The molecule has 1 saturated heterocycles. The highest BCUT2D eigenvalue weighted by molar-refractivity contribution is 6.43. The highest BCUT2D eigenvalue weighted by Crippen LogP contribution is 2.15. The quantitative estimate of drug-likeness (QED) is 0.152. The average Bonchev–Trinajstić information content (AvgIpc) is 3.36. The van der Waals surface area contributed by atoms with Crippen LogP contribution < -0.4 is 16.0 Å². The van der Waals surface area contributed by atoms with Crippen LogP contribution in [0.15, 0.2) is 60.8 Å². The van der Waals surface area contributed by atoms with Crippen LogP contribution in [0.3, 0.4) is 0 Å². The van der Waals surface area contributed by atoms with E-state index in [4.69, 9.17) is 14.8 Å². The second-order valence-corrected chi connectivity index (χ2v) is 9.15. The molecule has 2 aromatic carbocycles. The molecular formula is C28H40BN5O6. The van der Waals surface area contributed by atoms with Crippen LogP contribution in [-0.2, 0) is 25.5 Å². The molecule has 3 aromatic rings. The number of morpholine rings is 1. The van der Waals surface area contributed by atoms with E-state index in [0.29, 0.717) is 25.9 Å². The summed E-state index contributed by atoms with van der Waals surface area (Å²) in [6.45, 7) is 4.97. The maximum atomic E-state index is 11.4. The molecule has 1 aliphatic heterocycles. The van der Waals surface area contributed by atoms with Crippen molar-refractivity contribution in [3.63, 3.8) is 0 Å². The number of nitrogens with zero attached hydrogens (tertiary/aromatic N) is 1. The normalized spacial score (nSPS) is 13.6. The maximum absolute atomic E-state index is 11.4. The molecule has 0 saturated carbocycles. The minimum absolute atomic E-state index is 0.0296. The number of carbonyl (C=O) groups is 3. The van der Waals surface area contributed by atoms with Crippen LogP contribution in [0.25, 0.3) is 10.9 Å². The van der Waals surface area contributed by atoms with Gasteiger partial charge >= 0.3 is 7.12 Å². The van der Waals surface area contributed by atoms with E-state index in [1.165, 1.54) is 16.5 Å². The van der Waals surface area contributed by atoms with Gasteiger partial charge in [-0.05, 0) is 37.6 Å². The SMILES string of the molecule is CNC(Cc1ccccc1)B(O)O.Cc1c[nH]c2ccccc12.O=CCNC(=O)CNC(=O)CN1CCOCC1. The van der Waals surface area contributed by atoms with E-state index in [1.807, 2.05) is 47.5 Å². The lowest BCUT2D eigenvalue weighted by molar-refractivity contribution is -0.127. The van der Waals surface area contributed by atoms with Crippen molar-refractivity contribution in [2.24, 2.45) is 0 Å². The summed E-state index contributed by atoms with van der Waals surface area (Å²) in [6.07, 6.45) is 3.24. The van der Waals surface area contributed by atoms with Gasteiger partial charge in [-0.15, -0.1) is 0 Å². The van der Waals surface area contributed by atoms with Gasteiger partial charge < -0.3 is 40.5 Å². The van der Waals surface area contributed by atoms with Gasteiger partial charge in [-0.1, -0.05) is 48.5 Å². The number of fused-ring (bicyclic) bond motifs is 1. The standard InChI is InChI=1S/C10H17N3O4.C9H14BNO2.C9H9N/c14-4-1-11-9(15)7-12-10(16)8-13-2-5-17-6-3-13;1-11-9(10(12)13)7-8-5-3-2-4-6-8;1-7-6-10-9-5-3-2-4-8(7)9/h4H,1-3,5-8H2,(H,11,15)(H,12,16);2-6,9,11-13H,7H2,1H3;2-6,10H,1H3. The molecule has 6 N–H and O–H groups in total. The summed E-state index contributed by atoms with van der Waals surface area (Å²) in [5, 5.41) is 26.9. The monoisotopic (exact) mass is 553 g/mol. The first kappa shape index (κ1) is 32.7. The fourth-order valence-corrected chi connectivity index (χ4v) is 3.86. The van der Waals surface area contributed by atoms with Gasteiger partial charge in [0.15, 0.2) is 0 Å². The number of nitrogens with one attached hydrogen (secondary N) is 4. The molecule has 40 heavy (non-hydrogen) atoms. The third-order valence-corrected chi connectivity index (χ3v) is 6.12. The third-order valence-electron chi connectivity index (χ3n) is 6.12. The fourth-order valence-electron chi connectivity index (χ4n) is 3.86. The molecule has 0 radical (unpaired) electrons. The third kappa shape index (κ3) is 12.5. The lowest BCUT2D eigenvalue weighted by Gasteiger charge is -2.25. The second kappa shape index (κ2) is 18.7. The Balaban J connectivity index is 0.000000217. The van der Waals surface area contributed by atoms with E-state index < -0.39 is 7.12 Å². The van der Waals surface area contributed by atoms with Crippen LogP contribution in [0.4, 0.5) is 0 Å². The van der Waals surface area contributed by atoms with E-state index in [1.54, 1.807) is 7.05 Å². The lowest BCUT2D eigenvalue weighted by atomic mass is 9.76. The number of benzene rings is 2. The van der Waals surface area contributed by atoms with Crippen molar-refractivity contribution in [1.82, 2.24) is 25.8 Å². The molecule has 1 aromatic heterocycles. The number of carbonyl (C=O) groups excluding carboxylic acids is 3. The van der Waals surface area contributed by atoms with Crippen LogP contribution in [0.1, 0.15) is 11.1 Å². The van der Waals surface area contributed by atoms with E-state index in [2.05, 4.69) is 46.1 Å². The van der Waals surface area contributed by atoms with E-state index in [0.717, 1.165) is 18.7 Å². The van der Waals surface area contributed by atoms with Crippen molar-refractivity contribution in [1.29, 1.82) is 0 Å². The van der Waals surface area contributed by atoms with Crippen LogP contribution in [0.2, 0.25) is 0 Å². The number of para-hydroxylation sites is 1. The smallest absolute Gasteiger partial charge is 0.426 e. The Labute approximate surface area is 235 Å². The van der Waals surface area contributed by atoms with Gasteiger partial charge in [0, 0.05) is 36.1 Å². The zero-order valence-corrected chi connectivity index (χ0v) is 23.1. The first-order valence-corrected chi connectivity index (χ1v) is 13.2. The molecule has 1 aliphatic rings. The summed E-state index contributed by atoms with van der Waals surface area (Å²) in [7, 11) is 0.401. The summed E-state index contributed by atoms with van der Waals surface area (Å²) in [6, 6.07) is 18.1. The van der Waals surface area contributed by atoms with Gasteiger partial charge in [-0.25, -0.2) is 0 Å². The lowest BCUT2D eigenvalue weighted by Crippen LogP contribution is -2.45. The van der Waals surface area contributed by atoms with Gasteiger partial charge in [-0.2, -0.15) is 0 Å². The Bertz CT molecular complexity index is 1150. The van der Waals surface area contributed by atoms with Crippen LogP contribution in [-0.4, -0.2) is 104 Å². The maximum Gasteiger partial charge on any atom is 0.469 e. The predicted octanol–water partition coefficient (Wildman–Crippen LogP) is 0.0553. The summed E-state index contributed by atoms with van der Waals surface area (Å²) >= 11 is 0. The van der Waals surface area contributed by atoms with Crippen molar-refractivity contribution < 1.29 is 29.2 Å². The van der Waals surface area contributed by atoms with Crippen molar-refractivity contribution in [2.75, 3.05) is 53.0 Å². The minimum Gasteiger partial charge on any atom is -0.426 e. The van der Waals surface area contributed by atoms with E-state index >= 15 is 0 Å². The van der Waals surface area contributed by atoms with Crippen LogP contribution in [0.5, 0.6) is 0 Å². The number of aldehydes is 1. The molecule has 1 unspecified atom stereocenters. The molecule has 12 heteroatoms. The van der Waals surface area contributed by atoms with Crippen LogP contribution >= 0.6 is 0 Å². The summed E-state index contributed by atoms with van der Waals surface area (Å²) in [5.74, 6) is -0.872. The number of rotatable bonds is 10. The van der Waals surface area contributed by atoms with Gasteiger partial charge in [0.1, 0.15) is 6.29 Å². The molecule has 11 nitrogen and oxygen atoms in total. The fraction of sp³-hybridized carbons (Fsp3) is 0.393. The topological polar surface area (TPSA) is 156 Å². The Morgan fingerprint density at radius 2 is 1.73 bits per heavy atom. The minimum atomic E-state index is -1.31. The van der Waals surface area contributed by atoms with Crippen LogP contribution in [0, 0.1) is 6.92 Å². The number of aromatic nitrogens is 1. The Hall–Kier alpha value is -3.55.